The number of aromatic nitrogens is 2. The highest BCUT2D eigenvalue weighted by Crippen LogP contribution is 2.26. The van der Waals surface area contributed by atoms with Gasteiger partial charge in [-0.2, -0.15) is 4.98 Å². The predicted molar refractivity (Wildman–Crippen MR) is 68.9 cm³/mol. The van der Waals surface area contributed by atoms with Crippen LogP contribution in [-0.4, -0.2) is 23.4 Å². The van der Waals surface area contributed by atoms with Gasteiger partial charge >= 0.3 is 0 Å². The van der Waals surface area contributed by atoms with Crippen LogP contribution in [0.15, 0.2) is 22.0 Å². The van der Waals surface area contributed by atoms with Gasteiger partial charge < -0.3 is 9.26 Å². The van der Waals surface area contributed by atoms with E-state index in [2.05, 4.69) is 34.6 Å². The van der Waals surface area contributed by atoms with Crippen LogP contribution in [0.4, 0.5) is 0 Å². The summed E-state index contributed by atoms with van der Waals surface area (Å²) in [7, 11) is 0. The Morgan fingerprint density at radius 2 is 2.50 bits per heavy atom. The summed E-state index contributed by atoms with van der Waals surface area (Å²) >= 11 is 1.77. The fourth-order valence-corrected chi connectivity index (χ4v) is 3.00. The van der Waals surface area contributed by atoms with Crippen molar-refractivity contribution in [2.24, 2.45) is 0 Å². The molecule has 1 fully saturated rings. The molecule has 1 aliphatic rings. The van der Waals surface area contributed by atoms with E-state index in [1.807, 2.05) is 0 Å². The lowest BCUT2D eigenvalue weighted by Gasteiger charge is -2.03. The molecule has 0 N–H and O–H groups in total. The predicted octanol–water partition coefficient (Wildman–Crippen LogP) is 2.98. The largest absolute Gasteiger partial charge is 0.381 e. The first-order valence-electron chi connectivity index (χ1n) is 6.26. The minimum Gasteiger partial charge on any atom is -0.381 e. The van der Waals surface area contributed by atoms with Crippen LogP contribution in [0, 0.1) is 0 Å². The third-order valence-corrected chi connectivity index (χ3v) is 4.16. The van der Waals surface area contributed by atoms with Gasteiger partial charge in [-0.1, -0.05) is 18.1 Å². The molecular weight excluding hydrogens is 248 g/mol. The van der Waals surface area contributed by atoms with Gasteiger partial charge in [0.05, 0.1) is 6.61 Å². The maximum atomic E-state index is 5.38. The average molecular weight is 264 g/mol. The Bertz CT molecular complexity index is 489. The maximum Gasteiger partial charge on any atom is 0.229 e. The summed E-state index contributed by atoms with van der Waals surface area (Å²) in [5.41, 5.74) is 0. The molecule has 0 aromatic carbocycles. The number of hydrogen-bond acceptors (Lipinski definition) is 5. The van der Waals surface area contributed by atoms with Crippen molar-refractivity contribution in [3.63, 3.8) is 0 Å². The molecule has 0 unspecified atom stereocenters. The van der Waals surface area contributed by atoms with E-state index >= 15 is 0 Å². The van der Waals surface area contributed by atoms with Crippen LogP contribution in [0.1, 0.15) is 41.8 Å². The van der Waals surface area contributed by atoms with E-state index in [1.165, 1.54) is 4.88 Å². The molecule has 3 rings (SSSR count). The van der Waals surface area contributed by atoms with Crippen LogP contribution in [0.5, 0.6) is 0 Å². The van der Waals surface area contributed by atoms with E-state index in [1.54, 1.807) is 11.3 Å². The highest BCUT2D eigenvalue weighted by atomic mass is 32.1. The Hall–Kier alpha value is -1.20. The molecule has 5 heteroatoms. The Morgan fingerprint density at radius 3 is 3.22 bits per heavy atom. The second-order valence-electron chi connectivity index (χ2n) is 4.74. The molecule has 1 saturated heterocycles. The zero-order valence-corrected chi connectivity index (χ0v) is 11.2. The third-order valence-electron chi connectivity index (χ3n) is 3.26. The Morgan fingerprint density at radius 1 is 1.56 bits per heavy atom. The molecular formula is C13H16N2O2S. The minimum atomic E-state index is 0.271. The molecule has 96 valence electrons. The third kappa shape index (κ3) is 2.47. The highest BCUT2D eigenvalue weighted by Gasteiger charge is 2.24. The van der Waals surface area contributed by atoms with Crippen LogP contribution in [0.2, 0.25) is 0 Å². The summed E-state index contributed by atoms with van der Waals surface area (Å²) in [6, 6.07) is 4.21. The maximum absolute atomic E-state index is 5.38. The first kappa shape index (κ1) is 11.9. The summed E-state index contributed by atoms with van der Waals surface area (Å²) in [6.45, 7) is 3.65. The average Bonchev–Trinajstić information content (AvgIpc) is 3.11. The molecule has 0 saturated carbocycles. The topological polar surface area (TPSA) is 48.2 Å². The van der Waals surface area contributed by atoms with E-state index in [-0.39, 0.29) is 5.92 Å². The van der Waals surface area contributed by atoms with Gasteiger partial charge in [-0.25, -0.2) is 0 Å². The zero-order chi connectivity index (χ0) is 12.4. The van der Waals surface area contributed by atoms with Crippen molar-refractivity contribution >= 4 is 11.3 Å². The van der Waals surface area contributed by atoms with E-state index in [4.69, 9.17) is 9.26 Å². The number of hydrogen-bond donors (Lipinski definition) is 0. The Kier molecular flexibility index (Phi) is 3.43. The Labute approximate surface area is 110 Å². The Balaban J connectivity index is 1.68. The zero-order valence-electron chi connectivity index (χ0n) is 10.3. The first-order chi connectivity index (χ1) is 8.83. The van der Waals surface area contributed by atoms with Crippen LogP contribution < -0.4 is 0 Å². The first-order valence-corrected chi connectivity index (χ1v) is 7.14. The van der Waals surface area contributed by atoms with Crippen molar-refractivity contribution in [1.82, 2.24) is 10.1 Å². The summed E-state index contributed by atoms with van der Waals surface area (Å²) in [4.78, 5) is 5.87. The smallest absolute Gasteiger partial charge is 0.229 e. The summed E-state index contributed by atoms with van der Waals surface area (Å²) in [5, 5.41) is 6.18. The van der Waals surface area contributed by atoms with Gasteiger partial charge in [0.1, 0.15) is 0 Å². The van der Waals surface area contributed by atoms with Gasteiger partial charge in [0.15, 0.2) is 5.82 Å². The van der Waals surface area contributed by atoms with Crippen molar-refractivity contribution in [3.05, 3.63) is 34.1 Å². The normalized spacial score (nSPS) is 21.3. The van der Waals surface area contributed by atoms with E-state index in [0.717, 1.165) is 37.8 Å². The van der Waals surface area contributed by atoms with Gasteiger partial charge in [0, 0.05) is 23.3 Å². The molecule has 1 aliphatic heterocycles. The lowest BCUT2D eigenvalue weighted by molar-refractivity contribution is 0.192. The van der Waals surface area contributed by atoms with E-state index in [0.29, 0.717) is 5.92 Å². The molecule has 0 amide bonds. The van der Waals surface area contributed by atoms with Gasteiger partial charge in [-0.3, -0.25) is 0 Å². The fraction of sp³-hybridized carbons (Fsp3) is 0.538. The van der Waals surface area contributed by atoms with Crippen LogP contribution in [-0.2, 0) is 11.2 Å². The van der Waals surface area contributed by atoms with E-state index in [9.17, 15) is 0 Å². The molecule has 3 heterocycles. The quantitative estimate of drug-likeness (QED) is 0.851. The second kappa shape index (κ2) is 5.20. The number of thiophene rings is 1. The molecule has 0 bridgehead atoms. The minimum absolute atomic E-state index is 0.271. The molecule has 18 heavy (non-hydrogen) atoms. The van der Waals surface area contributed by atoms with Crippen molar-refractivity contribution < 1.29 is 9.26 Å². The van der Waals surface area contributed by atoms with Crippen LogP contribution in [0.25, 0.3) is 0 Å². The van der Waals surface area contributed by atoms with Crippen molar-refractivity contribution in [1.29, 1.82) is 0 Å². The molecule has 4 nitrogen and oxygen atoms in total. The lowest BCUT2D eigenvalue weighted by atomic mass is 10.1. The summed E-state index contributed by atoms with van der Waals surface area (Å²) < 4.78 is 10.7. The van der Waals surface area contributed by atoms with Gasteiger partial charge in [0.2, 0.25) is 5.89 Å². The van der Waals surface area contributed by atoms with Gasteiger partial charge in [-0.15, -0.1) is 11.3 Å². The van der Waals surface area contributed by atoms with Crippen molar-refractivity contribution in [3.8, 4) is 0 Å². The van der Waals surface area contributed by atoms with Crippen LogP contribution >= 0.6 is 11.3 Å². The van der Waals surface area contributed by atoms with E-state index < -0.39 is 0 Å². The molecule has 0 radical (unpaired) electrons. The monoisotopic (exact) mass is 264 g/mol. The lowest BCUT2D eigenvalue weighted by Crippen LogP contribution is -2.01. The molecule has 0 spiro atoms. The van der Waals surface area contributed by atoms with Crippen molar-refractivity contribution in [2.45, 2.75) is 31.6 Å². The molecule has 2 atom stereocenters. The highest BCUT2D eigenvalue weighted by molar-refractivity contribution is 7.09. The summed E-state index contributed by atoms with van der Waals surface area (Å²) in [6.07, 6.45) is 1.96. The fourth-order valence-electron chi connectivity index (χ4n) is 2.17. The number of ether oxygens (including phenoxy) is 1. The second-order valence-corrected chi connectivity index (χ2v) is 5.77. The molecule has 2 aromatic heterocycles. The number of nitrogens with zero attached hydrogens (tertiary/aromatic N) is 2. The number of rotatable bonds is 4. The van der Waals surface area contributed by atoms with Gasteiger partial charge in [-0.05, 0) is 24.3 Å². The molecule has 2 aromatic rings. The SMILES string of the molecule is C[C@H](Cc1cccs1)c1nc([C@H]2CCOC2)no1. The van der Waals surface area contributed by atoms with Crippen LogP contribution in [0.3, 0.4) is 0 Å². The standard InChI is InChI=1S/C13H16N2O2S/c1-9(7-11-3-2-6-18-11)13-14-12(15-17-13)10-4-5-16-8-10/h2-3,6,9-10H,4-5,7-8H2,1H3/t9-,10+/m1/s1. The van der Waals surface area contributed by atoms with Crippen molar-refractivity contribution in [2.75, 3.05) is 13.2 Å². The summed E-state index contributed by atoms with van der Waals surface area (Å²) in [5.74, 6) is 2.13. The molecule has 0 aliphatic carbocycles. The van der Waals surface area contributed by atoms with Gasteiger partial charge in [0.25, 0.3) is 0 Å².